The predicted molar refractivity (Wildman–Crippen MR) is 148 cm³/mol. The number of rotatable bonds is 8. The smallest absolute Gasteiger partial charge is 0.164 e. The summed E-state index contributed by atoms with van der Waals surface area (Å²) < 4.78 is 13.1. The van der Waals surface area contributed by atoms with E-state index in [4.69, 9.17) is 32.7 Å². The second-order valence-corrected chi connectivity index (χ2v) is 10.1. The minimum atomic E-state index is 0.324. The Morgan fingerprint density at radius 1 is 1.12 bits per heavy atom. The summed E-state index contributed by atoms with van der Waals surface area (Å²) in [6, 6.07) is 13.4. The highest BCUT2D eigenvalue weighted by Crippen LogP contribution is 2.30. The van der Waals surface area contributed by atoms with Crippen molar-refractivity contribution in [2.75, 3.05) is 12.5 Å². The van der Waals surface area contributed by atoms with E-state index in [9.17, 15) is 5.26 Å². The molecule has 10 heteroatoms. The lowest BCUT2D eigenvalue weighted by atomic mass is 10.1. The van der Waals surface area contributed by atoms with Crippen molar-refractivity contribution in [3.63, 3.8) is 0 Å². The molecule has 0 aliphatic rings. The van der Waals surface area contributed by atoms with Gasteiger partial charge >= 0.3 is 0 Å². The Morgan fingerprint density at radius 3 is 2.48 bits per heavy atom. The molecule has 1 N–H and O–H groups in total. The maximum atomic E-state index is 9.53. The van der Waals surface area contributed by atoms with E-state index in [0.717, 1.165) is 35.3 Å². The zero-order chi connectivity index (χ0) is 24.0. The number of benzene rings is 2. The molecule has 3 rings (SSSR count). The number of nitriles is 1. The number of hydrazone groups is 1. The first-order valence-electron chi connectivity index (χ1n) is 9.56. The van der Waals surface area contributed by atoms with Gasteiger partial charge in [0.15, 0.2) is 5.82 Å². The minimum Gasteiger partial charge on any atom is -0.487 e. The molecule has 0 aliphatic carbocycles. The third-order valence-corrected chi connectivity index (χ3v) is 6.75. The maximum absolute atomic E-state index is 9.53. The molecule has 0 spiro atoms. The summed E-state index contributed by atoms with van der Waals surface area (Å²) in [5.41, 5.74) is 6.63. The molecule has 0 saturated heterocycles. The van der Waals surface area contributed by atoms with Gasteiger partial charge in [-0.05, 0) is 93.6 Å². The molecule has 0 saturated carbocycles. The quantitative estimate of drug-likeness (QED) is 0.156. The number of anilines is 1. The summed E-state index contributed by atoms with van der Waals surface area (Å²) in [7, 11) is 1.59. The highest BCUT2D eigenvalue weighted by molar-refractivity contribution is 14.1. The van der Waals surface area contributed by atoms with Crippen molar-refractivity contribution < 1.29 is 9.47 Å². The normalized spacial score (nSPS) is 10.9. The monoisotopic (exact) mass is 706 g/mol. The van der Waals surface area contributed by atoms with Crippen LogP contribution in [0.15, 0.2) is 41.5 Å². The van der Waals surface area contributed by atoms with Crippen molar-refractivity contribution >= 4 is 80.4 Å². The highest BCUT2D eigenvalue weighted by Gasteiger charge is 2.12. The molecule has 3 aromatic rings. The molecule has 0 atom stereocenters. The van der Waals surface area contributed by atoms with E-state index in [0.29, 0.717) is 34.6 Å². The van der Waals surface area contributed by atoms with Gasteiger partial charge in [-0.25, -0.2) is 4.98 Å². The van der Waals surface area contributed by atoms with Gasteiger partial charge in [0, 0.05) is 18.4 Å². The lowest BCUT2D eigenvalue weighted by Crippen LogP contribution is -2.04. The van der Waals surface area contributed by atoms with Gasteiger partial charge in [0.25, 0.3) is 0 Å². The summed E-state index contributed by atoms with van der Waals surface area (Å²) >= 11 is 16.5. The van der Waals surface area contributed by atoms with E-state index < -0.39 is 0 Å². The molecule has 1 heterocycles. The zero-order valence-corrected chi connectivity index (χ0v) is 23.5. The Morgan fingerprint density at radius 2 is 1.85 bits per heavy atom. The van der Waals surface area contributed by atoms with E-state index in [2.05, 4.69) is 66.8 Å². The number of nitrogens with one attached hydrogen (secondary N) is 1. The topological polar surface area (TPSA) is 79.5 Å². The Balaban J connectivity index is 1.74. The van der Waals surface area contributed by atoms with Gasteiger partial charge in [0.2, 0.25) is 0 Å². The van der Waals surface area contributed by atoms with E-state index in [1.165, 1.54) is 0 Å². The van der Waals surface area contributed by atoms with E-state index in [1.807, 2.05) is 31.2 Å². The van der Waals surface area contributed by atoms with Gasteiger partial charge in [-0.2, -0.15) is 10.4 Å². The summed E-state index contributed by atoms with van der Waals surface area (Å²) in [5, 5.41) is 14.8. The average Bonchev–Trinajstić information content (AvgIpc) is 2.76. The molecule has 0 amide bonds. The first kappa shape index (κ1) is 26.0. The number of aromatic nitrogens is 1. The molecule has 170 valence electrons. The Kier molecular flexibility index (Phi) is 9.57. The number of ether oxygens (including phenoxy) is 2. The number of nitrogens with zero attached hydrogens (tertiary/aromatic N) is 3. The SMILES string of the molecule is COCc1cc(C)nc(NN=Cc2cc(I)c(OCc3ccc(Cl)c(Cl)c3)c(I)c2)c1C#N. The molecule has 0 radical (unpaired) electrons. The van der Waals surface area contributed by atoms with Crippen molar-refractivity contribution in [3.05, 3.63) is 81.5 Å². The summed E-state index contributed by atoms with van der Waals surface area (Å²) in [6.07, 6.45) is 1.67. The number of hydrogen-bond acceptors (Lipinski definition) is 6. The van der Waals surface area contributed by atoms with E-state index in [-0.39, 0.29) is 0 Å². The molecule has 33 heavy (non-hydrogen) atoms. The molecular weight excluding hydrogens is 689 g/mol. The van der Waals surface area contributed by atoms with Crippen LogP contribution in [0.5, 0.6) is 5.75 Å². The van der Waals surface area contributed by atoms with Crippen LogP contribution in [0, 0.1) is 25.4 Å². The Hall–Kier alpha value is -1.65. The second-order valence-electron chi connectivity index (χ2n) is 6.91. The fourth-order valence-corrected chi connectivity index (χ4v) is 5.41. The maximum Gasteiger partial charge on any atom is 0.164 e. The Bertz CT molecular complexity index is 1220. The molecule has 6 nitrogen and oxygen atoms in total. The zero-order valence-electron chi connectivity index (χ0n) is 17.6. The van der Waals surface area contributed by atoms with Gasteiger partial charge in [-0.15, -0.1) is 0 Å². The van der Waals surface area contributed by atoms with Gasteiger partial charge in [-0.1, -0.05) is 29.3 Å². The lowest BCUT2D eigenvalue weighted by Gasteiger charge is -2.12. The Labute approximate surface area is 229 Å². The lowest BCUT2D eigenvalue weighted by molar-refractivity contribution is 0.184. The van der Waals surface area contributed by atoms with Crippen molar-refractivity contribution in [1.29, 1.82) is 5.26 Å². The largest absolute Gasteiger partial charge is 0.487 e. The van der Waals surface area contributed by atoms with Crippen LogP contribution < -0.4 is 10.2 Å². The molecule has 0 bridgehead atoms. The molecule has 0 aliphatic heterocycles. The number of pyridine rings is 1. The van der Waals surface area contributed by atoms with Crippen LogP contribution in [-0.4, -0.2) is 18.3 Å². The molecule has 0 unspecified atom stereocenters. The minimum absolute atomic E-state index is 0.324. The third-order valence-electron chi connectivity index (χ3n) is 4.41. The first-order valence-corrected chi connectivity index (χ1v) is 12.5. The third kappa shape index (κ3) is 6.93. The van der Waals surface area contributed by atoms with Gasteiger partial charge < -0.3 is 9.47 Å². The molecular formula is C23H18Cl2I2N4O2. The van der Waals surface area contributed by atoms with Crippen LogP contribution in [0.1, 0.15) is 27.9 Å². The van der Waals surface area contributed by atoms with Crippen molar-refractivity contribution in [1.82, 2.24) is 4.98 Å². The first-order chi connectivity index (χ1) is 15.8. The second kappa shape index (κ2) is 12.2. The molecule has 0 fully saturated rings. The summed E-state index contributed by atoms with van der Waals surface area (Å²) in [4.78, 5) is 4.39. The van der Waals surface area contributed by atoms with Crippen molar-refractivity contribution in [2.24, 2.45) is 5.10 Å². The van der Waals surface area contributed by atoms with E-state index in [1.54, 1.807) is 25.5 Å². The fourth-order valence-electron chi connectivity index (χ4n) is 2.96. The molecule has 1 aromatic heterocycles. The van der Waals surface area contributed by atoms with Gasteiger partial charge in [0.1, 0.15) is 24.0 Å². The average molecular weight is 707 g/mol. The number of halogens is 4. The molecule has 2 aromatic carbocycles. The van der Waals surface area contributed by atoms with Gasteiger partial charge in [0.05, 0.1) is 30.0 Å². The number of methoxy groups -OCH3 is 1. The van der Waals surface area contributed by atoms with Crippen LogP contribution in [-0.2, 0) is 18.0 Å². The van der Waals surface area contributed by atoms with Crippen molar-refractivity contribution in [3.8, 4) is 11.8 Å². The van der Waals surface area contributed by atoms with Crippen molar-refractivity contribution in [2.45, 2.75) is 20.1 Å². The number of aryl methyl sites for hydroxylation is 1. The van der Waals surface area contributed by atoms with Crippen LogP contribution in [0.25, 0.3) is 0 Å². The van der Waals surface area contributed by atoms with E-state index >= 15 is 0 Å². The summed E-state index contributed by atoms with van der Waals surface area (Å²) in [6.45, 7) is 2.55. The standard InChI is InChI=1S/C23H18Cl2I2N4O2/c1-13-5-16(12-32-2)17(9-28)23(30-13)31-29-10-15-7-20(26)22(21(27)8-15)33-11-14-3-4-18(24)19(25)6-14/h3-8,10H,11-12H2,1-2H3,(H,30,31). The highest BCUT2D eigenvalue weighted by atomic mass is 127. The predicted octanol–water partition coefficient (Wildman–Crippen LogP) is 6.95. The van der Waals surface area contributed by atoms with Gasteiger partial charge in [-0.3, -0.25) is 5.43 Å². The van der Waals surface area contributed by atoms with Crippen LogP contribution in [0.3, 0.4) is 0 Å². The summed E-state index contributed by atoms with van der Waals surface area (Å²) in [5.74, 6) is 1.18. The number of hydrogen-bond donors (Lipinski definition) is 1. The van der Waals surface area contributed by atoms with Crippen LogP contribution >= 0.6 is 68.4 Å². The van der Waals surface area contributed by atoms with Crippen LogP contribution in [0.4, 0.5) is 5.82 Å². The van der Waals surface area contributed by atoms with Crippen LogP contribution in [0.2, 0.25) is 10.0 Å². The fraction of sp³-hybridized carbons (Fsp3) is 0.174.